The average Bonchev–Trinajstić information content (AvgIpc) is 3.24. The van der Waals surface area contributed by atoms with Crippen LogP contribution < -0.4 is 10.0 Å². The van der Waals surface area contributed by atoms with Gasteiger partial charge in [0.25, 0.3) is 5.91 Å². The molecular weight excluding hydrogens is 390 g/mol. The van der Waals surface area contributed by atoms with Crippen LogP contribution in [0.3, 0.4) is 0 Å². The van der Waals surface area contributed by atoms with Crippen LogP contribution in [-0.2, 0) is 23.1 Å². The molecule has 9 heteroatoms. The van der Waals surface area contributed by atoms with Crippen molar-refractivity contribution in [2.24, 2.45) is 0 Å². The number of rotatable bonds is 8. The molecule has 0 unspecified atom stereocenters. The normalized spacial score (nSPS) is 11.0. The SMILES string of the molecule is C#CCNS(=O)(=O)c1cccc(C(=O)NCc2cccc(Cn3cncn3)c2)c1. The zero-order valence-electron chi connectivity index (χ0n) is 15.4. The first-order chi connectivity index (χ1) is 14.0. The minimum atomic E-state index is -3.76. The third kappa shape index (κ3) is 5.51. The van der Waals surface area contributed by atoms with Gasteiger partial charge in [0.05, 0.1) is 18.0 Å². The van der Waals surface area contributed by atoms with E-state index >= 15 is 0 Å². The second-order valence-electron chi connectivity index (χ2n) is 6.15. The van der Waals surface area contributed by atoms with Crippen molar-refractivity contribution in [3.05, 3.63) is 77.9 Å². The Morgan fingerprint density at radius 1 is 1.14 bits per heavy atom. The number of amides is 1. The summed E-state index contributed by atoms with van der Waals surface area (Å²) in [5.74, 6) is 1.83. The largest absolute Gasteiger partial charge is 0.348 e. The molecule has 0 radical (unpaired) electrons. The molecule has 0 saturated heterocycles. The second-order valence-corrected chi connectivity index (χ2v) is 7.92. The summed E-state index contributed by atoms with van der Waals surface area (Å²) < 4.78 is 28.3. The van der Waals surface area contributed by atoms with Gasteiger partial charge >= 0.3 is 0 Å². The van der Waals surface area contributed by atoms with Gasteiger partial charge in [0.2, 0.25) is 10.0 Å². The van der Waals surface area contributed by atoms with Crippen LogP contribution in [-0.4, -0.2) is 35.6 Å². The number of nitrogens with one attached hydrogen (secondary N) is 2. The van der Waals surface area contributed by atoms with Crippen molar-refractivity contribution in [2.75, 3.05) is 6.54 Å². The first-order valence-corrected chi connectivity index (χ1v) is 10.2. The molecule has 0 aliphatic heterocycles. The summed E-state index contributed by atoms with van der Waals surface area (Å²) in [7, 11) is -3.76. The summed E-state index contributed by atoms with van der Waals surface area (Å²) in [5.41, 5.74) is 2.18. The molecule has 0 spiro atoms. The number of sulfonamides is 1. The van der Waals surface area contributed by atoms with Gasteiger partial charge in [-0.25, -0.2) is 18.1 Å². The Bertz CT molecular complexity index is 1130. The molecule has 2 aromatic carbocycles. The first kappa shape index (κ1) is 20.3. The number of hydrogen-bond acceptors (Lipinski definition) is 5. The lowest BCUT2D eigenvalue weighted by Gasteiger charge is -2.09. The highest BCUT2D eigenvalue weighted by molar-refractivity contribution is 7.89. The fraction of sp³-hybridized carbons (Fsp3) is 0.150. The topological polar surface area (TPSA) is 106 Å². The van der Waals surface area contributed by atoms with Crippen molar-refractivity contribution in [1.29, 1.82) is 0 Å². The number of carbonyl (C=O) groups excluding carboxylic acids is 1. The fourth-order valence-corrected chi connectivity index (χ4v) is 3.63. The summed E-state index contributed by atoms with van der Waals surface area (Å²) in [5, 5.41) is 6.87. The monoisotopic (exact) mass is 409 g/mol. The van der Waals surface area contributed by atoms with Gasteiger partial charge in [-0.05, 0) is 29.3 Å². The molecule has 0 bridgehead atoms. The number of nitrogens with zero attached hydrogens (tertiary/aromatic N) is 3. The molecule has 148 valence electrons. The molecule has 1 heterocycles. The van der Waals surface area contributed by atoms with Crippen LogP contribution in [0.5, 0.6) is 0 Å². The van der Waals surface area contributed by atoms with Gasteiger partial charge < -0.3 is 5.32 Å². The summed E-state index contributed by atoms with van der Waals surface area (Å²) in [6, 6.07) is 13.5. The van der Waals surface area contributed by atoms with Crippen LogP contribution in [0.2, 0.25) is 0 Å². The summed E-state index contributed by atoms with van der Waals surface area (Å²) in [4.78, 5) is 16.4. The van der Waals surface area contributed by atoms with E-state index in [0.29, 0.717) is 13.1 Å². The number of terminal acetylenes is 1. The number of aromatic nitrogens is 3. The lowest BCUT2D eigenvalue weighted by atomic mass is 10.1. The van der Waals surface area contributed by atoms with Crippen molar-refractivity contribution in [3.8, 4) is 12.3 Å². The third-order valence-corrected chi connectivity index (χ3v) is 5.43. The molecule has 3 rings (SSSR count). The minimum absolute atomic E-state index is 0.0183. The maximum absolute atomic E-state index is 12.5. The fourth-order valence-electron chi connectivity index (χ4n) is 2.65. The van der Waals surface area contributed by atoms with Crippen molar-refractivity contribution in [1.82, 2.24) is 24.8 Å². The van der Waals surface area contributed by atoms with Crippen molar-refractivity contribution < 1.29 is 13.2 Å². The molecular formula is C20H19N5O3S. The highest BCUT2D eigenvalue weighted by atomic mass is 32.2. The maximum Gasteiger partial charge on any atom is 0.251 e. The van der Waals surface area contributed by atoms with Crippen molar-refractivity contribution in [3.63, 3.8) is 0 Å². The minimum Gasteiger partial charge on any atom is -0.348 e. The molecule has 1 aromatic heterocycles. The van der Waals surface area contributed by atoms with Gasteiger partial charge in [-0.15, -0.1) is 6.42 Å². The quantitative estimate of drug-likeness (QED) is 0.543. The van der Waals surface area contributed by atoms with E-state index in [0.717, 1.165) is 11.1 Å². The Morgan fingerprint density at radius 3 is 2.69 bits per heavy atom. The van der Waals surface area contributed by atoms with E-state index in [9.17, 15) is 13.2 Å². The Balaban J connectivity index is 1.65. The number of carbonyl (C=O) groups is 1. The van der Waals surface area contributed by atoms with Gasteiger partial charge in [-0.1, -0.05) is 36.3 Å². The van der Waals surface area contributed by atoms with E-state index in [1.165, 1.54) is 24.5 Å². The van der Waals surface area contributed by atoms with E-state index < -0.39 is 10.0 Å². The van der Waals surface area contributed by atoms with E-state index in [4.69, 9.17) is 6.42 Å². The molecule has 0 fully saturated rings. The predicted octanol–water partition coefficient (Wildman–Crippen LogP) is 1.17. The van der Waals surface area contributed by atoms with Crippen LogP contribution in [0.1, 0.15) is 21.5 Å². The van der Waals surface area contributed by atoms with Crippen molar-refractivity contribution >= 4 is 15.9 Å². The Labute approximate surface area is 169 Å². The van der Waals surface area contributed by atoms with Gasteiger partial charge in [0.15, 0.2) is 0 Å². The van der Waals surface area contributed by atoms with Gasteiger partial charge in [-0.2, -0.15) is 9.82 Å². The Hall–Kier alpha value is -3.48. The van der Waals surface area contributed by atoms with Crippen LogP contribution in [0, 0.1) is 12.3 Å². The third-order valence-electron chi connectivity index (χ3n) is 4.03. The summed E-state index contributed by atoms with van der Waals surface area (Å²) in [6.45, 7) is 0.756. The van der Waals surface area contributed by atoms with Crippen LogP contribution in [0.4, 0.5) is 0 Å². The highest BCUT2D eigenvalue weighted by Gasteiger charge is 2.15. The van der Waals surface area contributed by atoms with E-state index in [1.807, 2.05) is 24.3 Å². The molecule has 0 aliphatic carbocycles. The lowest BCUT2D eigenvalue weighted by Crippen LogP contribution is -2.26. The van der Waals surface area contributed by atoms with E-state index in [-0.39, 0.29) is 22.9 Å². The smallest absolute Gasteiger partial charge is 0.251 e. The van der Waals surface area contributed by atoms with Crippen LogP contribution >= 0.6 is 0 Å². The summed E-state index contributed by atoms with van der Waals surface area (Å²) >= 11 is 0. The van der Waals surface area contributed by atoms with Crippen LogP contribution in [0.25, 0.3) is 0 Å². The molecule has 3 aromatic rings. The zero-order chi connectivity index (χ0) is 20.7. The van der Waals surface area contributed by atoms with E-state index in [1.54, 1.807) is 17.1 Å². The number of hydrogen-bond donors (Lipinski definition) is 2. The van der Waals surface area contributed by atoms with Crippen molar-refractivity contribution in [2.45, 2.75) is 18.0 Å². The maximum atomic E-state index is 12.5. The molecule has 0 aliphatic rings. The first-order valence-electron chi connectivity index (χ1n) is 8.69. The molecule has 8 nitrogen and oxygen atoms in total. The molecule has 29 heavy (non-hydrogen) atoms. The number of benzene rings is 2. The molecule has 0 atom stereocenters. The van der Waals surface area contributed by atoms with Gasteiger partial charge in [-0.3, -0.25) is 4.79 Å². The predicted molar refractivity (Wildman–Crippen MR) is 107 cm³/mol. The standard InChI is InChI=1S/C20H19N5O3S/c1-2-9-24-29(27,28)19-8-4-7-18(11-19)20(26)22-12-16-5-3-6-17(10-16)13-25-15-21-14-23-25/h1,3-8,10-11,14-15,24H,9,12-13H2,(H,22,26). The highest BCUT2D eigenvalue weighted by Crippen LogP contribution is 2.12. The summed E-state index contributed by atoms with van der Waals surface area (Å²) in [6.07, 6.45) is 8.19. The Kier molecular flexibility index (Phi) is 6.39. The van der Waals surface area contributed by atoms with Gasteiger partial charge in [0, 0.05) is 12.1 Å². The average molecular weight is 409 g/mol. The van der Waals surface area contributed by atoms with Gasteiger partial charge in [0.1, 0.15) is 12.7 Å². The molecule has 1 amide bonds. The van der Waals surface area contributed by atoms with Crippen LogP contribution in [0.15, 0.2) is 66.1 Å². The lowest BCUT2D eigenvalue weighted by molar-refractivity contribution is 0.0950. The zero-order valence-corrected chi connectivity index (χ0v) is 16.3. The molecule has 0 saturated carbocycles. The Morgan fingerprint density at radius 2 is 1.93 bits per heavy atom. The second kappa shape index (κ2) is 9.14. The molecule has 2 N–H and O–H groups in total. The van der Waals surface area contributed by atoms with E-state index in [2.05, 4.69) is 26.0 Å².